The lowest BCUT2D eigenvalue weighted by atomic mass is 10.1. The summed E-state index contributed by atoms with van der Waals surface area (Å²) < 4.78 is 42.0. The number of carbonyl (C=O) groups excluding carboxylic acids is 1. The van der Waals surface area contributed by atoms with Crippen molar-refractivity contribution in [3.8, 4) is 5.69 Å². The van der Waals surface area contributed by atoms with Gasteiger partial charge < -0.3 is 19.8 Å². The Morgan fingerprint density at radius 3 is 2.21 bits per heavy atom. The van der Waals surface area contributed by atoms with E-state index in [1.165, 1.54) is 10.6 Å². The van der Waals surface area contributed by atoms with Gasteiger partial charge in [-0.2, -0.15) is 13.2 Å². The average molecular weight is 666 g/mol. The third kappa shape index (κ3) is 6.86. The molecule has 1 unspecified atom stereocenters. The van der Waals surface area contributed by atoms with E-state index in [0.29, 0.717) is 69.4 Å². The van der Waals surface area contributed by atoms with E-state index in [9.17, 15) is 32.7 Å². The molecule has 0 radical (unpaired) electrons. The number of β-amino-alcohol motifs (C(OH)–C–C–N with tert-alkyl or cyclic N) is 1. The molecule has 0 spiro atoms. The van der Waals surface area contributed by atoms with Crippen molar-refractivity contribution in [2.45, 2.75) is 25.7 Å². The quantitative estimate of drug-likeness (QED) is 0.321. The maximum atomic E-state index is 14.1. The smallest absolute Gasteiger partial charge is 0.390 e. The number of likely N-dealkylation sites (N-methyl/N-ethyl adjacent to an activating group) is 1. The first-order valence-corrected chi connectivity index (χ1v) is 15.9. The monoisotopic (exact) mass is 665 g/mol. The van der Waals surface area contributed by atoms with Crippen LogP contribution in [-0.4, -0.2) is 112 Å². The van der Waals surface area contributed by atoms with Gasteiger partial charge >= 0.3 is 11.9 Å². The Hall–Kier alpha value is -4.53. The molecule has 4 aromatic rings. The Morgan fingerprint density at radius 2 is 1.54 bits per heavy atom. The number of halogens is 3. The molecule has 2 fully saturated rings. The Morgan fingerprint density at radius 1 is 0.875 bits per heavy atom. The minimum absolute atomic E-state index is 0.00915. The van der Waals surface area contributed by atoms with E-state index in [1.807, 2.05) is 16.8 Å². The van der Waals surface area contributed by atoms with Gasteiger partial charge in [-0.25, -0.2) is 14.3 Å². The van der Waals surface area contributed by atoms with E-state index >= 15 is 0 Å². The van der Waals surface area contributed by atoms with Crippen molar-refractivity contribution in [3.05, 3.63) is 98.3 Å². The first-order valence-electron chi connectivity index (χ1n) is 15.9. The molecule has 1 N–H and O–H groups in total. The predicted molar refractivity (Wildman–Crippen MR) is 176 cm³/mol. The summed E-state index contributed by atoms with van der Waals surface area (Å²) in [5.41, 5.74) is -0.620. The van der Waals surface area contributed by atoms with Crippen LogP contribution >= 0.6 is 0 Å². The molecule has 254 valence electrons. The number of aliphatic hydroxyl groups excluding tert-OH is 1. The van der Waals surface area contributed by atoms with Gasteiger partial charge in [-0.3, -0.25) is 19.1 Å². The lowest BCUT2D eigenvalue weighted by Crippen LogP contribution is -2.50. The molecule has 2 saturated heterocycles. The van der Waals surface area contributed by atoms with Crippen LogP contribution in [0, 0.1) is 6.92 Å². The molecule has 48 heavy (non-hydrogen) atoms. The summed E-state index contributed by atoms with van der Waals surface area (Å²) in [7, 11) is 1.98. The van der Waals surface area contributed by atoms with Gasteiger partial charge in [-0.05, 0) is 50.4 Å². The van der Waals surface area contributed by atoms with E-state index in [1.54, 1.807) is 54.3 Å². The third-order valence-electron chi connectivity index (χ3n) is 9.03. The zero-order chi connectivity index (χ0) is 34.2. The minimum atomic E-state index is -4.43. The highest BCUT2D eigenvalue weighted by molar-refractivity contribution is 6.05. The van der Waals surface area contributed by atoms with E-state index in [-0.39, 0.29) is 35.6 Å². The average Bonchev–Trinajstić information content (AvgIpc) is 3.07. The van der Waals surface area contributed by atoms with E-state index < -0.39 is 29.1 Å². The van der Waals surface area contributed by atoms with Crippen LogP contribution < -0.4 is 16.1 Å². The first-order chi connectivity index (χ1) is 22.9. The maximum absolute atomic E-state index is 14.1. The van der Waals surface area contributed by atoms with Gasteiger partial charge in [0.25, 0.3) is 11.5 Å². The highest BCUT2D eigenvalue weighted by Crippen LogP contribution is 2.32. The van der Waals surface area contributed by atoms with Crippen molar-refractivity contribution in [1.82, 2.24) is 28.8 Å². The number of alkyl halides is 3. The van der Waals surface area contributed by atoms with Crippen LogP contribution in [0.3, 0.4) is 0 Å². The van der Waals surface area contributed by atoms with E-state index in [4.69, 9.17) is 0 Å². The van der Waals surface area contributed by atoms with E-state index in [2.05, 4.69) is 9.88 Å². The van der Waals surface area contributed by atoms with Crippen LogP contribution in [0.2, 0.25) is 0 Å². The highest BCUT2D eigenvalue weighted by Gasteiger charge is 2.32. The van der Waals surface area contributed by atoms with Crippen molar-refractivity contribution in [2.24, 2.45) is 0 Å². The highest BCUT2D eigenvalue weighted by atomic mass is 19.4. The molecule has 0 aliphatic carbocycles. The molecule has 1 amide bonds. The molecular weight excluding hydrogens is 627 g/mol. The number of para-hydroxylation sites is 1. The van der Waals surface area contributed by atoms with Crippen LogP contribution in [-0.2, 0) is 12.7 Å². The van der Waals surface area contributed by atoms with Gasteiger partial charge in [0.1, 0.15) is 0 Å². The number of amides is 1. The number of hydrogen-bond donors (Lipinski definition) is 1. The summed E-state index contributed by atoms with van der Waals surface area (Å²) >= 11 is 0. The fourth-order valence-corrected chi connectivity index (χ4v) is 6.42. The fourth-order valence-electron chi connectivity index (χ4n) is 6.42. The SMILES string of the molecule is Cc1cc(C(=O)N2CCN(C)CC2)c2c(=O)n(-c3ccccc3)c(=O)n(CC(O)CN3CCN(c4cccc(C(F)(F)F)c4)CC3)c2n1. The van der Waals surface area contributed by atoms with Gasteiger partial charge in [0.15, 0.2) is 5.65 Å². The number of piperazine rings is 2. The minimum Gasteiger partial charge on any atom is -0.390 e. The number of carbonyl (C=O) groups is 1. The molecule has 11 nitrogen and oxygen atoms in total. The number of hydrogen-bond acceptors (Lipinski definition) is 8. The number of aromatic nitrogens is 3. The second kappa shape index (κ2) is 13.5. The molecule has 0 saturated carbocycles. The fraction of sp³-hybridized carbons (Fsp3) is 0.412. The number of benzene rings is 2. The van der Waals surface area contributed by atoms with Gasteiger partial charge in [-0.1, -0.05) is 24.3 Å². The van der Waals surface area contributed by atoms with Crippen molar-refractivity contribution in [1.29, 1.82) is 0 Å². The van der Waals surface area contributed by atoms with Gasteiger partial charge in [0, 0.05) is 70.3 Å². The van der Waals surface area contributed by atoms with Crippen molar-refractivity contribution in [2.75, 3.05) is 70.9 Å². The van der Waals surface area contributed by atoms with Crippen molar-refractivity contribution in [3.63, 3.8) is 0 Å². The largest absolute Gasteiger partial charge is 0.416 e. The summed E-state index contributed by atoms with van der Waals surface area (Å²) in [5.74, 6) is -0.320. The standard InChI is InChI=1S/C34H38F3N7O4/c1-23-19-28(31(46)42-15-11-39(2)12-16-42)29-30(38-23)43(33(48)44(32(29)47)25-8-4-3-5-9-25)22-27(45)21-40-13-17-41(18-14-40)26-10-6-7-24(20-26)34(35,36)37/h3-10,19-20,27,45H,11-18,21-22H2,1-2H3. The van der Waals surface area contributed by atoms with Gasteiger partial charge in [-0.15, -0.1) is 0 Å². The number of rotatable bonds is 7. The Bertz CT molecular complexity index is 1910. The summed E-state index contributed by atoms with van der Waals surface area (Å²) in [5, 5.41) is 11.3. The Balaban J connectivity index is 1.29. The van der Waals surface area contributed by atoms with Crippen LogP contribution in [0.4, 0.5) is 18.9 Å². The number of nitrogens with zero attached hydrogens (tertiary/aromatic N) is 7. The second-order valence-electron chi connectivity index (χ2n) is 12.5. The second-order valence-corrected chi connectivity index (χ2v) is 12.5. The molecular formula is C34H38F3N7O4. The summed E-state index contributed by atoms with van der Waals surface area (Å²) in [6.45, 7) is 5.89. The number of anilines is 1. The Labute approximate surface area is 275 Å². The molecule has 2 aromatic heterocycles. The van der Waals surface area contributed by atoms with Crippen LogP contribution in [0.1, 0.15) is 21.6 Å². The maximum Gasteiger partial charge on any atom is 0.416 e. The Kier molecular flexibility index (Phi) is 9.41. The summed E-state index contributed by atoms with van der Waals surface area (Å²) in [6.07, 6.45) is -5.49. The number of pyridine rings is 1. The van der Waals surface area contributed by atoms with Crippen LogP contribution in [0.5, 0.6) is 0 Å². The lowest BCUT2D eigenvalue weighted by Gasteiger charge is -2.37. The molecule has 1 atom stereocenters. The molecule has 2 aliphatic rings. The molecule has 6 rings (SSSR count). The first kappa shape index (κ1) is 33.4. The molecule has 2 aliphatic heterocycles. The number of fused-ring (bicyclic) bond motifs is 1. The van der Waals surface area contributed by atoms with Crippen LogP contribution in [0.25, 0.3) is 16.7 Å². The van der Waals surface area contributed by atoms with E-state index in [0.717, 1.165) is 16.7 Å². The number of aliphatic hydroxyl groups is 1. The normalized spacial score (nSPS) is 17.2. The van der Waals surface area contributed by atoms with Crippen LogP contribution in [0.15, 0.2) is 70.3 Å². The zero-order valence-corrected chi connectivity index (χ0v) is 26.9. The molecule has 4 heterocycles. The number of aryl methyl sites for hydroxylation is 1. The van der Waals surface area contributed by atoms with Gasteiger partial charge in [0.05, 0.1) is 34.8 Å². The zero-order valence-electron chi connectivity index (χ0n) is 26.9. The summed E-state index contributed by atoms with van der Waals surface area (Å²) in [6, 6.07) is 15.2. The molecule has 14 heteroatoms. The summed E-state index contributed by atoms with van der Waals surface area (Å²) in [4.78, 5) is 54.2. The van der Waals surface area contributed by atoms with Crippen molar-refractivity contribution >= 4 is 22.6 Å². The van der Waals surface area contributed by atoms with Gasteiger partial charge in [0.2, 0.25) is 0 Å². The lowest BCUT2D eigenvalue weighted by molar-refractivity contribution is -0.137. The molecule has 0 bridgehead atoms. The predicted octanol–water partition coefficient (Wildman–Crippen LogP) is 2.45. The molecule has 2 aromatic carbocycles. The topological polar surface area (TPSA) is 107 Å². The van der Waals surface area contributed by atoms with Crippen molar-refractivity contribution < 1.29 is 23.1 Å². The third-order valence-corrected chi connectivity index (χ3v) is 9.03.